The van der Waals surface area contributed by atoms with Crippen LogP contribution in [0.5, 0.6) is 5.75 Å². The van der Waals surface area contributed by atoms with Gasteiger partial charge in [-0.3, -0.25) is 9.78 Å². The van der Waals surface area contributed by atoms with Crippen molar-refractivity contribution in [3.63, 3.8) is 0 Å². The second-order valence-electron chi connectivity index (χ2n) is 8.58. The topological polar surface area (TPSA) is 74.3 Å². The van der Waals surface area contributed by atoms with Gasteiger partial charge in [0.2, 0.25) is 0 Å². The molecule has 0 aliphatic heterocycles. The molecule has 0 aliphatic rings. The minimum absolute atomic E-state index is 0.0496. The number of methoxy groups -OCH3 is 1. The van der Waals surface area contributed by atoms with E-state index in [1.54, 1.807) is 37.7 Å². The molecule has 35 heavy (non-hydrogen) atoms. The molecule has 4 rings (SSSR count). The summed E-state index contributed by atoms with van der Waals surface area (Å²) in [6.45, 7) is 2.55. The van der Waals surface area contributed by atoms with Crippen LogP contribution in [0.3, 0.4) is 0 Å². The number of H-pyrrole nitrogens is 1. The van der Waals surface area contributed by atoms with Crippen molar-refractivity contribution >= 4 is 22.6 Å². The summed E-state index contributed by atoms with van der Waals surface area (Å²) in [7, 11) is 6.76. The zero-order valence-corrected chi connectivity index (χ0v) is 20.5. The van der Waals surface area contributed by atoms with Gasteiger partial charge in [-0.2, -0.15) is 0 Å². The third-order valence-electron chi connectivity index (χ3n) is 5.73. The molecule has 7 nitrogen and oxygen atoms in total. The summed E-state index contributed by atoms with van der Waals surface area (Å²) in [5.41, 5.74) is 5.25. The van der Waals surface area contributed by atoms with Crippen LogP contribution in [-0.2, 0) is 4.79 Å². The van der Waals surface area contributed by atoms with Crippen molar-refractivity contribution in [3.05, 3.63) is 72.6 Å². The van der Waals surface area contributed by atoms with E-state index in [-0.39, 0.29) is 17.3 Å². The number of halogens is 1. The van der Waals surface area contributed by atoms with Crippen LogP contribution in [0.4, 0.5) is 10.1 Å². The van der Waals surface area contributed by atoms with Crippen LogP contribution in [0.2, 0.25) is 0 Å². The molecular weight excluding hydrogens is 445 g/mol. The Morgan fingerprint density at radius 2 is 1.91 bits per heavy atom. The van der Waals surface area contributed by atoms with Gasteiger partial charge in [0.15, 0.2) is 11.6 Å². The molecule has 180 valence electrons. The first-order valence-corrected chi connectivity index (χ1v) is 11.2. The number of aryl methyl sites for hydroxylation is 1. The van der Waals surface area contributed by atoms with Crippen molar-refractivity contribution in [3.8, 4) is 28.0 Å². The molecule has 1 aromatic carbocycles. The van der Waals surface area contributed by atoms with E-state index in [0.717, 1.165) is 33.4 Å². The fourth-order valence-electron chi connectivity index (χ4n) is 3.85. The van der Waals surface area contributed by atoms with Gasteiger partial charge in [0.1, 0.15) is 5.65 Å². The highest BCUT2D eigenvalue weighted by molar-refractivity contribution is 6.02. The SMILES string of the molecule is COc1cc(-c2cnc3[nH]cc(-c4ccnc(C)c4)c3c2)cc(N(C)C(=O)/C=C/CN(C)C)c1F. The van der Waals surface area contributed by atoms with Gasteiger partial charge in [0, 0.05) is 60.5 Å². The van der Waals surface area contributed by atoms with Crippen LogP contribution in [0.15, 0.2) is 61.1 Å². The Hall–Kier alpha value is -4.04. The van der Waals surface area contributed by atoms with E-state index in [1.807, 2.05) is 50.3 Å². The molecule has 0 aliphatic carbocycles. The van der Waals surface area contributed by atoms with Gasteiger partial charge in [-0.05, 0) is 62.5 Å². The van der Waals surface area contributed by atoms with Gasteiger partial charge in [-0.15, -0.1) is 0 Å². The molecule has 0 saturated carbocycles. The molecule has 1 amide bonds. The molecule has 0 fully saturated rings. The Balaban J connectivity index is 1.77. The minimum Gasteiger partial charge on any atom is -0.494 e. The van der Waals surface area contributed by atoms with Crippen molar-refractivity contribution in [1.29, 1.82) is 0 Å². The highest BCUT2D eigenvalue weighted by Gasteiger charge is 2.19. The number of nitrogens with zero attached hydrogens (tertiary/aromatic N) is 4. The predicted octanol–water partition coefficient (Wildman–Crippen LogP) is 4.83. The van der Waals surface area contributed by atoms with Gasteiger partial charge in [-0.1, -0.05) is 6.08 Å². The number of carbonyl (C=O) groups excluding carboxylic acids is 1. The number of rotatable bonds is 7. The number of nitrogens with one attached hydrogen (secondary N) is 1. The average molecular weight is 474 g/mol. The Bertz CT molecular complexity index is 1410. The number of hydrogen-bond donors (Lipinski definition) is 1. The molecule has 0 bridgehead atoms. The maximum absolute atomic E-state index is 15.2. The van der Waals surface area contributed by atoms with E-state index in [2.05, 4.69) is 15.0 Å². The molecule has 1 N–H and O–H groups in total. The molecule has 0 saturated heterocycles. The molecule has 3 heterocycles. The zero-order chi connectivity index (χ0) is 25.1. The van der Waals surface area contributed by atoms with Crippen LogP contribution >= 0.6 is 0 Å². The smallest absolute Gasteiger partial charge is 0.250 e. The lowest BCUT2D eigenvalue weighted by molar-refractivity contribution is -0.113. The number of aromatic amines is 1. The van der Waals surface area contributed by atoms with E-state index in [9.17, 15) is 4.79 Å². The van der Waals surface area contributed by atoms with Crippen molar-refractivity contribution in [2.24, 2.45) is 0 Å². The van der Waals surface area contributed by atoms with Gasteiger partial charge in [0.25, 0.3) is 5.91 Å². The molecule has 0 spiro atoms. The number of likely N-dealkylation sites (N-methyl/N-ethyl adjacent to an activating group) is 2. The molecule has 4 aromatic rings. The van der Waals surface area contributed by atoms with Crippen LogP contribution in [-0.4, -0.2) is 60.6 Å². The van der Waals surface area contributed by atoms with Crippen LogP contribution in [0, 0.1) is 12.7 Å². The summed E-state index contributed by atoms with van der Waals surface area (Å²) in [5.74, 6) is -0.884. The molecule has 0 unspecified atom stereocenters. The number of ether oxygens (including phenoxy) is 1. The number of hydrogen-bond acceptors (Lipinski definition) is 5. The Morgan fingerprint density at radius 3 is 2.63 bits per heavy atom. The van der Waals surface area contributed by atoms with Gasteiger partial charge in [0.05, 0.1) is 12.8 Å². The Kier molecular flexibility index (Phi) is 6.93. The summed E-state index contributed by atoms with van der Waals surface area (Å²) in [5, 5.41) is 0.925. The molecular formula is C27H28FN5O2. The number of fused-ring (bicyclic) bond motifs is 1. The van der Waals surface area contributed by atoms with Crippen LogP contribution < -0.4 is 9.64 Å². The Labute approximate surface area is 203 Å². The lowest BCUT2D eigenvalue weighted by atomic mass is 10.0. The summed E-state index contributed by atoms with van der Waals surface area (Å²) in [6.07, 6.45) is 8.59. The quantitative estimate of drug-likeness (QED) is 0.389. The lowest BCUT2D eigenvalue weighted by Gasteiger charge is -2.19. The monoisotopic (exact) mass is 473 g/mol. The maximum atomic E-state index is 15.2. The molecule has 3 aromatic heterocycles. The maximum Gasteiger partial charge on any atom is 0.250 e. The van der Waals surface area contributed by atoms with Crippen molar-refractivity contribution in [1.82, 2.24) is 19.9 Å². The van der Waals surface area contributed by atoms with E-state index in [1.165, 1.54) is 18.1 Å². The third-order valence-corrected chi connectivity index (χ3v) is 5.73. The first-order valence-electron chi connectivity index (χ1n) is 11.2. The van der Waals surface area contributed by atoms with E-state index < -0.39 is 5.82 Å². The van der Waals surface area contributed by atoms with Crippen molar-refractivity contribution in [2.45, 2.75) is 6.92 Å². The Morgan fingerprint density at radius 1 is 1.11 bits per heavy atom. The summed E-state index contributed by atoms with van der Waals surface area (Å²) in [4.78, 5) is 27.9. The first kappa shape index (κ1) is 24.1. The first-order chi connectivity index (χ1) is 16.8. The molecule has 8 heteroatoms. The van der Waals surface area contributed by atoms with Crippen LogP contribution in [0.25, 0.3) is 33.3 Å². The number of carbonyl (C=O) groups is 1. The third kappa shape index (κ3) is 5.07. The van der Waals surface area contributed by atoms with Gasteiger partial charge in [-0.25, -0.2) is 9.37 Å². The number of aromatic nitrogens is 3. The molecule has 0 atom stereocenters. The fraction of sp³-hybridized carbons (Fsp3) is 0.222. The number of pyridine rings is 2. The zero-order valence-electron chi connectivity index (χ0n) is 20.5. The normalized spacial score (nSPS) is 11.5. The number of benzene rings is 1. The van der Waals surface area contributed by atoms with Crippen molar-refractivity contribution in [2.75, 3.05) is 39.7 Å². The average Bonchev–Trinajstić information content (AvgIpc) is 3.27. The fourth-order valence-corrected chi connectivity index (χ4v) is 3.85. The summed E-state index contributed by atoms with van der Waals surface area (Å²) < 4.78 is 20.5. The number of amides is 1. The number of anilines is 1. The van der Waals surface area contributed by atoms with Crippen LogP contribution in [0.1, 0.15) is 5.69 Å². The van der Waals surface area contributed by atoms with Gasteiger partial charge >= 0.3 is 0 Å². The predicted molar refractivity (Wildman–Crippen MR) is 137 cm³/mol. The minimum atomic E-state index is -0.600. The van der Waals surface area contributed by atoms with E-state index >= 15 is 4.39 Å². The van der Waals surface area contributed by atoms with Crippen molar-refractivity contribution < 1.29 is 13.9 Å². The second kappa shape index (κ2) is 10.1. The largest absolute Gasteiger partial charge is 0.494 e. The van der Waals surface area contributed by atoms with E-state index in [0.29, 0.717) is 12.1 Å². The second-order valence-corrected chi connectivity index (χ2v) is 8.58. The molecule has 0 radical (unpaired) electrons. The standard InChI is InChI=1S/C27H28FN5O2/c1-17-11-18(8-9-29-17)22-16-31-27-21(22)12-20(15-30-27)19-13-23(26(28)24(14-19)35-5)33(4)25(34)7-6-10-32(2)3/h6-9,11-16H,10H2,1-5H3,(H,30,31)/b7-6+. The highest BCUT2D eigenvalue weighted by Crippen LogP contribution is 2.36. The van der Waals surface area contributed by atoms with E-state index in [4.69, 9.17) is 4.74 Å². The summed E-state index contributed by atoms with van der Waals surface area (Å²) >= 11 is 0. The lowest BCUT2D eigenvalue weighted by Crippen LogP contribution is -2.25. The summed E-state index contributed by atoms with van der Waals surface area (Å²) in [6, 6.07) is 9.22. The highest BCUT2D eigenvalue weighted by atomic mass is 19.1. The van der Waals surface area contributed by atoms with Gasteiger partial charge < -0.3 is 19.5 Å².